The fraction of sp³-hybridized carbons (Fsp3) is 0.300. The highest BCUT2D eigenvalue weighted by Crippen LogP contribution is 2.34. The Kier molecular flexibility index (Phi) is 4.68. The Morgan fingerprint density at radius 1 is 1.27 bits per heavy atom. The Balaban J connectivity index is 1.70. The van der Waals surface area contributed by atoms with Gasteiger partial charge in [0.1, 0.15) is 5.75 Å². The number of nitrogens with zero attached hydrogens (tertiary/aromatic N) is 2. The zero-order chi connectivity index (χ0) is 18.1. The quantitative estimate of drug-likeness (QED) is 0.641. The van der Waals surface area contributed by atoms with Crippen LogP contribution in [-0.4, -0.2) is 22.8 Å². The van der Waals surface area contributed by atoms with Gasteiger partial charge in [-0.05, 0) is 37.1 Å². The van der Waals surface area contributed by atoms with Crippen LogP contribution in [0.15, 0.2) is 47.1 Å². The predicted octanol–water partition coefficient (Wildman–Crippen LogP) is 5.17. The molecule has 1 saturated carbocycles. The van der Waals surface area contributed by atoms with Gasteiger partial charge in [0, 0.05) is 21.6 Å². The molecule has 0 spiro atoms. The molecule has 0 unspecified atom stereocenters. The van der Waals surface area contributed by atoms with E-state index in [9.17, 15) is 4.79 Å². The molecule has 1 fully saturated rings. The molecule has 0 radical (unpaired) electrons. The minimum Gasteiger partial charge on any atom is -0.497 e. The first kappa shape index (κ1) is 17.1. The van der Waals surface area contributed by atoms with Crippen molar-refractivity contribution >= 4 is 38.4 Å². The van der Waals surface area contributed by atoms with E-state index in [0.29, 0.717) is 23.0 Å². The molecule has 134 valence electrons. The van der Waals surface area contributed by atoms with Gasteiger partial charge in [-0.25, -0.2) is 0 Å². The van der Waals surface area contributed by atoms with Gasteiger partial charge in [0.15, 0.2) is 0 Å². The van der Waals surface area contributed by atoms with E-state index < -0.39 is 0 Å². The maximum absolute atomic E-state index is 12.9. The lowest BCUT2D eigenvalue weighted by molar-refractivity contribution is 0.102. The Bertz CT molecular complexity index is 961. The standard InChI is InChI=1S/C20H20BrN3O2/c1-26-16-8-4-5-14(11-16)23-20(25)17-9-13(21)10-19-18(17)12-22-24(19)15-6-2-3-7-15/h4-5,8-12,15H,2-3,6-7H2,1H3,(H,23,25). The largest absolute Gasteiger partial charge is 0.497 e. The molecule has 1 aromatic heterocycles. The van der Waals surface area contributed by atoms with Crippen molar-refractivity contribution in [1.29, 1.82) is 0 Å². The van der Waals surface area contributed by atoms with Crippen LogP contribution in [-0.2, 0) is 0 Å². The van der Waals surface area contributed by atoms with Gasteiger partial charge in [0.25, 0.3) is 5.91 Å². The van der Waals surface area contributed by atoms with Crippen molar-refractivity contribution in [2.75, 3.05) is 12.4 Å². The Morgan fingerprint density at radius 3 is 2.85 bits per heavy atom. The molecule has 0 bridgehead atoms. The number of halogens is 1. The van der Waals surface area contributed by atoms with Gasteiger partial charge in [-0.3, -0.25) is 9.48 Å². The molecule has 0 atom stereocenters. The summed E-state index contributed by atoms with van der Waals surface area (Å²) in [5.74, 6) is 0.548. The number of nitrogens with one attached hydrogen (secondary N) is 1. The van der Waals surface area contributed by atoms with Crippen molar-refractivity contribution in [3.8, 4) is 5.75 Å². The van der Waals surface area contributed by atoms with Crippen LogP contribution in [0.2, 0.25) is 0 Å². The predicted molar refractivity (Wildman–Crippen MR) is 106 cm³/mol. The second-order valence-corrected chi connectivity index (χ2v) is 7.52. The van der Waals surface area contributed by atoms with Gasteiger partial charge >= 0.3 is 0 Å². The zero-order valence-corrected chi connectivity index (χ0v) is 16.1. The Labute approximate surface area is 160 Å². The van der Waals surface area contributed by atoms with Crippen LogP contribution in [0.3, 0.4) is 0 Å². The summed E-state index contributed by atoms with van der Waals surface area (Å²) in [7, 11) is 1.61. The first-order valence-electron chi connectivity index (χ1n) is 8.78. The lowest BCUT2D eigenvalue weighted by Crippen LogP contribution is -2.12. The third-order valence-electron chi connectivity index (χ3n) is 4.92. The summed E-state index contributed by atoms with van der Waals surface area (Å²) >= 11 is 3.55. The van der Waals surface area contributed by atoms with Gasteiger partial charge in [-0.15, -0.1) is 0 Å². The Morgan fingerprint density at radius 2 is 2.08 bits per heavy atom. The molecule has 6 heteroatoms. The van der Waals surface area contributed by atoms with Crippen molar-refractivity contribution in [2.24, 2.45) is 0 Å². The van der Waals surface area contributed by atoms with Crippen molar-refractivity contribution in [3.05, 3.63) is 52.6 Å². The second-order valence-electron chi connectivity index (χ2n) is 6.60. The number of rotatable bonds is 4. The van der Waals surface area contributed by atoms with Crippen LogP contribution in [0.4, 0.5) is 5.69 Å². The van der Waals surface area contributed by atoms with E-state index in [1.54, 1.807) is 19.4 Å². The SMILES string of the molecule is COc1cccc(NC(=O)c2cc(Br)cc3c2cnn3C2CCCC2)c1. The van der Waals surface area contributed by atoms with Crippen LogP contribution in [0, 0.1) is 0 Å². The second kappa shape index (κ2) is 7.11. The molecular weight excluding hydrogens is 394 g/mol. The molecule has 0 aliphatic heterocycles. The molecule has 26 heavy (non-hydrogen) atoms. The third kappa shape index (κ3) is 3.21. The molecule has 1 heterocycles. The summed E-state index contributed by atoms with van der Waals surface area (Å²) in [5, 5.41) is 8.42. The molecule has 1 aliphatic rings. The van der Waals surface area contributed by atoms with Gasteiger partial charge in [-0.2, -0.15) is 5.10 Å². The maximum atomic E-state index is 12.9. The van der Waals surface area contributed by atoms with Crippen LogP contribution >= 0.6 is 15.9 Å². The number of amides is 1. The van der Waals surface area contributed by atoms with Crippen molar-refractivity contribution in [3.63, 3.8) is 0 Å². The third-order valence-corrected chi connectivity index (χ3v) is 5.38. The summed E-state index contributed by atoms with van der Waals surface area (Å²) < 4.78 is 8.17. The number of benzene rings is 2. The van der Waals surface area contributed by atoms with Gasteiger partial charge in [0.05, 0.1) is 30.4 Å². The molecule has 4 rings (SSSR count). The first-order valence-corrected chi connectivity index (χ1v) is 9.57. The van der Waals surface area contributed by atoms with Gasteiger partial charge in [-0.1, -0.05) is 34.8 Å². The van der Waals surface area contributed by atoms with Crippen molar-refractivity contribution in [2.45, 2.75) is 31.7 Å². The molecule has 3 aromatic rings. The molecule has 1 N–H and O–H groups in total. The number of hydrogen-bond donors (Lipinski definition) is 1. The normalized spacial score (nSPS) is 14.7. The molecular formula is C20H20BrN3O2. The topological polar surface area (TPSA) is 56.1 Å². The van der Waals surface area contributed by atoms with Crippen LogP contribution in [0.25, 0.3) is 10.9 Å². The maximum Gasteiger partial charge on any atom is 0.256 e. The highest BCUT2D eigenvalue weighted by Gasteiger charge is 2.22. The number of hydrogen-bond acceptors (Lipinski definition) is 3. The first-order chi connectivity index (χ1) is 12.7. The summed E-state index contributed by atoms with van der Waals surface area (Å²) in [4.78, 5) is 12.9. The Hall–Kier alpha value is -2.34. The summed E-state index contributed by atoms with van der Waals surface area (Å²) in [5.41, 5.74) is 2.31. The average Bonchev–Trinajstić information content (AvgIpc) is 3.30. The number of ether oxygens (including phenoxy) is 1. The van der Waals surface area contributed by atoms with Gasteiger partial charge < -0.3 is 10.1 Å². The van der Waals surface area contributed by atoms with E-state index in [1.165, 1.54) is 12.8 Å². The van der Waals surface area contributed by atoms with Crippen molar-refractivity contribution in [1.82, 2.24) is 9.78 Å². The van der Waals surface area contributed by atoms with Crippen molar-refractivity contribution < 1.29 is 9.53 Å². The van der Waals surface area contributed by atoms with E-state index in [0.717, 1.165) is 28.2 Å². The highest BCUT2D eigenvalue weighted by atomic mass is 79.9. The number of carbonyl (C=O) groups is 1. The molecule has 1 aliphatic carbocycles. The molecule has 1 amide bonds. The van der Waals surface area contributed by atoms with Crippen LogP contribution < -0.4 is 10.1 Å². The molecule has 0 saturated heterocycles. The van der Waals surface area contributed by atoms with Crippen LogP contribution in [0.1, 0.15) is 42.1 Å². The fourth-order valence-corrected chi connectivity index (χ4v) is 4.08. The molecule has 5 nitrogen and oxygen atoms in total. The average molecular weight is 414 g/mol. The van der Waals surface area contributed by atoms with E-state index in [1.807, 2.05) is 30.3 Å². The molecule has 2 aromatic carbocycles. The number of carbonyl (C=O) groups excluding carboxylic acids is 1. The van der Waals surface area contributed by atoms with E-state index in [2.05, 4.69) is 31.0 Å². The lowest BCUT2D eigenvalue weighted by atomic mass is 10.1. The van der Waals surface area contributed by atoms with E-state index in [4.69, 9.17) is 4.74 Å². The van der Waals surface area contributed by atoms with Crippen LogP contribution in [0.5, 0.6) is 5.75 Å². The summed E-state index contributed by atoms with van der Waals surface area (Å²) in [6.07, 6.45) is 6.58. The van der Waals surface area contributed by atoms with Gasteiger partial charge in [0.2, 0.25) is 0 Å². The minimum absolute atomic E-state index is 0.157. The van der Waals surface area contributed by atoms with E-state index in [-0.39, 0.29) is 5.91 Å². The number of methoxy groups -OCH3 is 1. The minimum atomic E-state index is -0.157. The number of anilines is 1. The number of fused-ring (bicyclic) bond motifs is 1. The zero-order valence-electron chi connectivity index (χ0n) is 14.5. The number of aromatic nitrogens is 2. The smallest absolute Gasteiger partial charge is 0.256 e. The monoisotopic (exact) mass is 413 g/mol. The van der Waals surface area contributed by atoms with E-state index >= 15 is 0 Å². The fourth-order valence-electron chi connectivity index (χ4n) is 3.64. The lowest BCUT2D eigenvalue weighted by Gasteiger charge is -2.12. The summed E-state index contributed by atoms with van der Waals surface area (Å²) in [6, 6.07) is 11.7. The highest BCUT2D eigenvalue weighted by molar-refractivity contribution is 9.10. The summed E-state index contributed by atoms with van der Waals surface area (Å²) in [6.45, 7) is 0.